The van der Waals surface area contributed by atoms with Gasteiger partial charge in [0.1, 0.15) is 5.75 Å². The summed E-state index contributed by atoms with van der Waals surface area (Å²) >= 11 is 0. The summed E-state index contributed by atoms with van der Waals surface area (Å²) in [5.74, 6) is 0.515. The van der Waals surface area contributed by atoms with E-state index in [4.69, 9.17) is 4.74 Å². The summed E-state index contributed by atoms with van der Waals surface area (Å²) in [4.78, 5) is 14.8. The molecular weight excluding hydrogens is 336 g/mol. The molecule has 1 N–H and O–H groups in total. The molecule has 4 rings (SSSR count). The van der Waals surface area contributed by atoms with E-state index in [2.05, 4.69) is 53.5 Å². The van der Waals surface area contributed by atoms with Crippen molar-refractivity contribution in [1.29, 1.82) is 0 Å². The molecule has 1 unspecified atom stereocenters. The molecule has 0 bridgehead atoms. The number of ether oxygens (including phenoxy) is 1. The molecule has 0 radical (unpaired) electrons. The van der Waals surface area contributed by atoms with E-state index in [1.165, 1.54) is 11.3 Å². The third kappa shape index (κ3) is 3.38. The Hall–Kier alpha value is -3.27. The number of hydrogen-bond donors (Lipinski definition) is 1. The number of anilines is 3. The lowest BCUT2D eigenvalue weighted by Gasteiger charge is -2.25. The van der Waals surface area contributed by atoms with Crippen molar-refractivity contribution < 1.29 is 9.53 Å². The van der Waals surface area contributed by atoms with Crippen LogP contribution in [0.4, 0.5) is 17.1 Å². The largest absolute Gasteiger partial charge is 0.497 e. The van der Waals surface area contributed by atoms with Gasteiger partial charge in [0, 0.05) is 28.7 Å². The number of methoxy groups -OCH3 is 1. The van der Waals surface area contributed by atoms with Crippen molar-refractivity contribution in [2.45, 2.75) is 19.4 Å². The Morgan fingerprint density at radius 3 is 2.59 bits per heavy atom. The van der Waals surface area contributed by atoms with E-state index in [1.807, 2.05) is 24.3 Å². The van der Waals surface area contributed by atoms with Gasteiger partial charge in [-0.1, -0.05) is 24.3 Å². The van der Waals surface area contributed by atoms with E-state index in [-0.39, 0.29) is 5.91 Å². The summed E-state index contributed by atoms with van der Waals surface area (Å²) in [6.07, 6.45) is 1.05. The lowest BCUT2D eigenvalue weighted by atomic mass is 10.1. The van der Waals surface area contributed by atoms with Crippen LogP contribution in [-0.4, -0.2) is 19.1 Å². The molecule has 0 aliphatic carbocycles. The van der Waals surface area contributed by atoms with Crippen LogP contribution in [0.3, 0.4) is 0 Å². The Morgan fingerprint density at radius 2 is 1.81 bits per heavy atom. The minimum absolute atomic E-state index is 0.151. The van der Waals surface area contributed by atoms with Gasteiger partial charge in [-0.2, -0.15) is 0 Å². The van der Waals surface area contributed by atoms with Crippen molar-refractivity contribution in [3.8, 4) is 5.75 Å². The number of nitrogens with zero attached hydrogens (tertiary/aromatic N) is 1. The summed E-state index contributed by atoms with van der Waals surface area (Å²) in [5.41, 5.74) is 5.11. The number of nitrogens with one attached hydrogen (secondary N) is 1. The molecule has 0 saturated carbocycles. The average molecular weight is 358 g/mol. The molecule has 1 aliphatic rings. The summed E-state index contributed by atoms with van der Waals surface area (Å²) in [7, 11) is 1.59. The normalized spacial score (nSPS) is 15.3. The van der Waals surface area contributed by atoms with Gasteiger partial charge < -0.3 is 15.0 Å². The number of benzene rings is 3. The highest BCUT2D eigenvalue weighted by Gasteiger charge is 2.26. The molecule has 0 saturated heterocycles. The van der Waals surface area contributed by atoms with Crippen molar-refractivity contribution in [2.75, 3.05) is 17.3 Å². The second kappa shape index (κ2) is 7.16. The zero-order chi connectivity index (χ0) is 18.8. The standard InChI is InChI=1S/C23H22N2O2/c1-16-14-17-6-3-4-9-22(17)25(16)20-12-10-19(11-13-20)24-23(26)18-7-5-8-21(15-18)27-2/h3-13,15-16H,14H2,1-2H3,(H,24,26). The molecule has 3 aromatic rings. The third-order valence-corrected chi connectivity index (χ3v) is 4.94. The van der Waals surface area contributed by atoms with E-state index in [9.17, 15) is 4.79 Å². The number of rotatable bonds is 4. The molecular formula is C23H22N2O2. The van der Waals surface area contributed by atoms with E-state index < -0.39 is 0 Å². The SMILES string of the molecule is COc1cccc(C(=O)Nc2ccc(N3c4ccccc4CC3C)cc2)c1. The van der Waals surface area contributed by atoms with Gasteiger partial charge in [0.05, 0.1) is 7.11 Å². The zero-order valence-corrected chi connectivity index (χ0v) is 15.5. The first-order chi connectivity index (χ1) is 13.2. The van der Waals surface area contributed by atoms with E-state index in [0.717, 1.165) is 17.8 Å². The van der Waals surface area contributed by atoms with E-state index >= 15 is 0 Å². The van der Waals surface area contributed by atoms with Crippen molar-refractivity contribution in [1.82, 2.24) is 0 Å². The molecule has 27 heavy (non-hydrogen) atoms. The molecule has 3 aromatic carbocycles. The lowest BCUT2D eigenvalue weighted by molar-refractivity contribution is 0.102. The quantitative estimate of drug-likeness (QED) is 0.711. The Bertz CT molecular complexity index is 966. The zero-order valence-electron chi connectivity index (χ0n) is 15.5. The first-order valence-corrected chi connectivity index (χ1v) is 9.08. The van der Waals surface area contributed by atoms with Gasteiger partial charge in [-0.3, -0.25) is 4.79 Å². The second-order valence-electron chi connectivity index (χ2n) is 6.78. The molecule has 1 atom stereocenters. The number of carbonyl (C=O) groups is 1. The monoisotopic (exact) mass is 358 g/mol. The maximum atomic E-state index is 12.5. The summed E-state index contributed by atoms with van der Waals surface area (Å²) < 4.78 is 5.18. The fourth-order valence-corrected chi connectivity index (χ4v) is 3.63. The van der Waals surface area contributed by atoms with Crippen LogP contribution in [0.1, 0.15) is 22.8 Å². The highest BCUT2D eigenvalue weighted by Crippen LogP contribution is 2.38. The van der Waals surface area contributed by atoms with Gasteiger partial charge in [0.15, 0.2) is 0 Å². The van der Waals surface area contributed by atoms with Crippen molar-refractivity contribution >= 4 is 23.0 Å². The van der Waals surface area contributed by atoms with Gasteiger partial charge in [-0.05, 0) is 67.4 Å². The van der Waals surface area contributed by atoms with Crippen LogP contribution in [0.15, 0.2) is 72.8 Å². The number of fused-ring (bicyclic) bond motifs is 1. The number of para-hydroxylation sites is 1. The summed E-state index contributed by atoms with van der Waals surface area (Å²) in [6.45, 7) is 2.23. The predicted molar refractivity (Wildman–Crippen MR) is 109 cm³/mol. The smallest absolute Gasteiger partial charge is 0.255 e. The number of amides is 1. The van der Waals surface area contributed by atoms with Crippen LogP contribution in [0.25, 0.3) is 0 Å². The molecule has 136 valence electrons. The van der Waals surface area contributed by atoms with Gasteiger partial charge in [0.25, 0.3) is 5.91 Å². The maximum Gasteiger partial charge on any atom is 0.255 e. The van der Waals surface area contributed by atoms with Gasteiger partial charge >= 0.3 is 0 Å². The predicted octanol–water partition coefficient (Wildman–Crippen LogP) is 5.03. The average Bonchev–Trinajstić information content (AvgIpc) is 3.04. The van der Waals surface area contributed by atoms with Crippen molar-refractivity contribution in [3.05, 3.63) is 83.9 Å². The third-order valence-electron chi connectivity index (χ3n) is 4.94. The first-order valence-electron chi connectivity index (χ1n) is 9.08. The molecule has 1 aliphatic heterocycles. The van der Waals surface area contributed by atoms with Crippen molar-refractivity contribution in [3.63, 3.8) is 0 Å². The summed E-state index contributed by atoms with van der Waals surface area (Å²) in [5, 5.41) is 2.94. The van der Waals surface area contributed by atoms with Crippen molar-refractivity contribution in [2.24, 2.45) is 0 Å². The lowest BCUT2D eigenvalue weighted by Crippen LogP contribution is -2.23. The van der Waals surface area contributed by atoms with Crippen LogP contribution in [0.5, 0.6) is 5.75 Å². The molecule has 4 nitrogen and oxygen atoms in total. The van der Waals surface area contributed by atoms with Gasteiger partial charge in [0.2, 0.25) is 0 Å². The Kier molecular flexibility index (Phi) is 4.55. The first kappa shape index (κ1) is 17.2. The highest BCUT2D eigenvalue weighted by atomic mass is 16.5. The van der Waals surface area contributed by atoms with Crippen LogP contribution < -0.4 is 15.0 Å². The molecule has 0 aromatic heterocycles. The second-order valence-corrected chi connectivity index (χ2v) is 6.78. The van der Waals surface area contributed by atoms with E-state index in [1.54, 1.807) is 19.2 Å². The highest BCUT2D eigenvalue weighted by molar-refractivity contribution is 6.04. The fourth-order valence-electron chi connectivity index (χ4n) is 3.63. The van der Waals surface area contributed by atoms with Crippen LogP contribution in [-0.2, 0) is 6.42 Å². The Morgan fingerprint density at radius 1 is 1.04 bits per heavy atom. The summed E-state index contributed by atoms with van der Waals surface area (Å²) in [6, 6.07) is 24.1. The van der Waals surface area contributed by atoms with Crippen LogP contribution in [0.2, 0.25) is 0 Å². The Balaban J connectivity index is 1.52. The molecule has 0 spiro atoms. The Labute approximate surface area is 159 Å². The van der Waals surface area contributed by atoms with Gasteiger partial charge in [-0.25, -0.2) is 0 Å². The minimum atomic E-state index is -0.151. The van der Waals surface area contributed by atoms with Gasteiger partial charge in [-0.15, -0.1) is 0 Å². The molecule has 1 amide bonds. The van der Waals surface area contributed by atoms with Crippen LogP contribution >= 0.6 is 0 Å². The van der Waals surface area contributed by atoms with E-state index in [0.29, 0.717) is 17.4 Å². The number of carbonyl (C=O) groups excluding carboxylic acids is 1. The number of hydrogen-bond acceptors (Lipinski definition) is 3. The maximum absolute atomic E-state index is 12.5. The minimum Gasteiger partial charge on any atom is -0.497 e. The topological polar surface area (TPSA) is 41.6 Å². The van der Waals surface area contributed by atoms with Crippen LogP contribution in [0, 0.1) is 0 Å². The fraction of sp³-hybridized carbons (Fsp3) is 0.174. The molecule has 1 heterocycles. The molecule has 0 fully saturated rings. The molecule has 4 heteroatoms.